The summed E-state index contributed by atoms with van der Waals surface area (Å²) in [6.07, 6.45) is 0. The van der Waals surface area contributed by atoms with E-state index in [4.69, 9.17) is 16.0 Å². The number of carbonyl (C=O) groups is 1. The quantitative estimate of drug-likeness (QED) is 0.777. The van der Waals surface area contributed by atoms with E-state index < -0.39 is 0 Å². The molecule has 0 amide bonds. The molecule has 16 heavy (non-hydrogen) atoms. The second-order valence-electron chi connectivity index (χ2n) is 3.45. The summed E-state index contributed by atoms with van der Waals surface area (Å²) >= 11 is 9.05. The van der Waals surface area contributed by atoms with Crippen LogP contribution in [-0.2, 0) is 0 Å². The summed E-state index contributed by atoms with van der Waals surface area (Å²) in [7, 11) is 0. The van der Waals surface area contributed by atoms with Gasteiger partial charge in [0.1, 0.15) is 0 Å². The molecule has 0 saturated carbocycles. The average Bonchev–Trinajstić information content (AvgIpc) is 2.62. The molecule has 4 heteroatoms. The molecule has 2 nitrogen and oxygen atoms in total. The molecule has 0 bridgehead atoms. The minimum Gasteiger partial charge on any atom is -0.446 e. The molecule has 0 aliphatic carbocycles. The van der Waals surface area contributed by atoms with E-state index in [1.165, 1.54) is 0 Å². The zero-order chi connectivity index (χ0) is 11.7. The molecule has 2 aromatic rings. The third kappa shape index (κ3) is 2.36. The van der Waals surface area contributed by atoms with Crippen LogP contribution in [0.4, 0.5) is 0 Å². The second kappa shape index (κ2) is 4.44. The van der Waals surface area contributed by atoms with Crippen LogP contribution in [0.2, 0.25) is 5.02 Å². The van der Waals surface area contributed by atoms with E-state index in [2.05, 4.69) is 15.9 Å². The van der Waals surface area contributed by atoms with Crippen molar-refractivity contribution in [1.29, 1.82) is 0 Å². The first-order chi connectivity index (χ1) is 7.56. The van der Waals surface area contributed by atoms with Crippen LogP contribution in [0.25, 0.3) is 0 Å². The fourth-order valence-electron chi connectivity index (χ4n) is 1.45. The van der Waals surface area contributed by atoms with Crippen molar-refractivity contribution < 1.29 is 9.21 Å². The van der Waals surface area contributed by atoms with Crippen LogP contribution in [-0.4, -0.2) is 5.78 Å². The monoisotopic (exact) mass is 298 g/mol. The van der Waals surface area contributed by atoms with E-state index in [0.717, 1.165) is 5.56 Å². The van der Waals surface area contributed by atoms with Crippen LogP contribution in [0.3, 0.4) is 0 Å². The zero-order valence-electron chi connectivity index (χ0n) is 8.46. The van der Waals surface area contributed by atoms with Crippen LogP contribution in [0.15, 0.2) is 39.4 Å². The maximum absolute atomic E-state index is 12.0. The molecule has 0 saturated heterocycles. The number of benzene rings is 1. The maximum atomic E-state index is 12.0. The smallest absolute Gasteiger partial charge is 0.228 e. The first-order valence-corrected chi connectivity index (χ1v) is 5.80. The number of hydrogen-bond donors (Lipinski definition) is 0. The molecule has 1 aromatic heterocycles. The van der Waals surface area contributed by atoms with Crippen molar-refractivity contribution >= 4 is 33.3 Å². The number of rotatable bonds is 2. The lowest BCUT2D eigenvalue weighted by Crippen LogP contribution is -1.99. The van der Waals surface area contributed by atoms with E-state index in [0.29, 0.717) is 21.0 Å². The largest absolute Gasteiger partial charge is 0.446 e. The minimum atomic E-state index is -0.170. The molecule has 0 fully saturated rings. The van der Waals surface area contributed by atoms with Gasteiger partial charge in [0.05, 0.1) is 0 Å². The first kappa shape index (κ1) is 11.4. The molecule has 0 spiro atoms. The van der Waals surface area contributed by atoms with E-state index in [-0.39, 0.29) is 5.78 Å². The van der Waals surface area contributed by atoms with Crippen molar-refractivity contribution in [2.75, 3.05) is 0 Å². The highest BCUT2D eigenvalue weighted by Crippen LogP contribution is 2.20. The van der Waals surface area contributed by atoms with E-state index in [1.807, 2.05) is 6.92 Å². The van der Waals surface area contributed by atoms with Gasteiger partial charge >= 0.3 is 0 Å². The van der Waals surface area contributed by atoms with E-state index in [1.54, 1.807) is 30.3 Å². The Hall–Kier alpha value is -1.06. The third-order valence-electron chi connectivity index (χ3n) is 2.10. The van der Waals surface area contributed by atoms with Crippen LogP contribution in [0.1, 0.15) is 21.7 Å². The van der Waals surface area contributed by atoms with Gasteiger partial charge in [-0.15, -0.1) is 0 Å². The van der Waals surface area contributed by atoms with Gasteiger partial charge < -0.3 is 4.42 Å². The Labute approximate surface area is 106 Å². The molecule has 82 valence electrons. The van der Waals surface area contributed by atoms with Crippen molar-refractivity contribution in [2.45, 2.75) is 6.92 Å². The van der Waals surface area contributed by atoms with Crippen molar-refractivity contribution in [2.24, 2.45) is 0 Å². The summed E-state index contributed by atoms with van der Waals surface area (Å²) in [4.78, 5) is 12.0. The summed E-state index contributed by atoms with van der Waals surface area (Å²) in [5, 5.41) is 0.550. The van der Waals surface area contributed by atoms with Crippen LogP contribution in [0, 0.1) is 6.92 Å². The topological polar surface area (TPSA) is 30.2 Å². The lowest BCUT2D eigenvalue weighted by molar-refractivity contribution is 0.101. The summed E-state index contributed by atoms with van der Waals surface area (Å²) < 4.78 is 5.74. The Bertz CT molecular complexity index is 525. The van der Waals surface area contributed by atoms with E-state index >= 15 is 0 Å². The highest BCUT2D eigenvalue weighted by molar-refractivity contribution is 9.10. The predicted molar refractivity (Wildman–Crippen MR) is 66.0 cm³/mol. The molecule has 0 atom stereocenters. The van der Waals surface area contributed by atoms with Gasteiger partial charge in [-0.05, 0) is 58.7 Å². The average molecular weight is 300 g/mol. The minimum absolute atomic E-state index is 0.170. The Balaban J connectivity index is 2.41. The van der Waals surface area contributed by atoms with Gasteiger partial charge in [-0.3, -0.25) is 4.79 Å². The molecule has 0 unspecified atom stereocenters. The number of aryl methyl sites for hydroxylation is 1. The standard InChI is InChI=1S/C12H8BrClO2/c1-7-4-8(6-9(14)5-7)12(15)10-2-3-11(13)16-10/h2-6H,1H3. The highest BCUT2D eigenvalue weighted by atomic mass is 79.9. The number of ketones is 1. The molecule has 1 heterocycles. The molecule has 2 rings (SSSR count). The highest BCUT2D eigenvalue weighted by Gasteiger charge is 2.13. The number of furan rings is 1. The molecular formula is C12H8BrClO2. The number of hydrogen-bond acceptors (Lipinski definition) is 2. The van der Waals surface area contributed by atoms with Gasteiger partial charge in [0.2, 0.25) is 5.78 Å². The normalized spacial score (nSPS) is 10.4. The molecule has 0 aliphatic heterocycles. The van der Waals surface area contributed by atoms with Gasteiger partial charge in [0.15, 0.2) is 10.4 Å². The summed E-state index contributed by atoms with van der Waals surface area (Å²) in [5.41, 5.74) is 1.48. The first-order valence-electron chi connectivity index (χ1n) is 4.63. The molecular weight excluding hydrogens is 291 g/mol. The zero-order valence-corrected chi connectivity index (χ0v) is 10.8. The lowest BCUT2D eigenvalue weighted by atomic mass is 10.1. The summed E-state index contributed by atoms with van der Waals surface area (Å²) in [6.45, 7) is 1.89. The van der Waals surface area contributed by atoms with Crippen molar-refractivity contribution in [3.05, 3.63) is 56.9 Å². The van der Waals surface area contributed by atoms with Crippen LogP contribution in [0.5, 0.6) is 0 Å². The SMILES string of the molecule is Cc1cc(Cl)cc(C(=O)c2ccc(Br)o2)c1. The number of halogens is 2. The molecule has 0 aliphatic rings. The van der Waals surface area contributed by atoms with Crippen molar-refractivity contribution in [1.82, 2.24) is 0 Å². The second-order valence-corrected chi connectivity index (χ2v) is 4.67. The van der Waals surface area contributed by atoms with Gasteiger partial charge in [-0.1, -0.05) is 11.6 Å². The fraction of sp³-hybridized carbons (Fsp3) is 0.0833. The fourth-order valence-corrected chi connectivity index (χ4v) is 2.04. The predicted octanol–water partition coefficient (Wildman–Crippen LogP) is 4.23. The van der Waals surface area contributed by atoms with Crippen LogP contribution < -0.4 is 0 Å². The van der Waals surface area contributed by atoms with E-state index in [9.17, 15) is 4.79 Å². The van der Waals surface area contributed by atoms with Gasteiger partial charge in [-0.25, -0.2) is 0 Å². The molecule has 0 radical (unpaired) electrons. The molecule has 1 aromatic carbocycles. The van der Waals surface area contributed by atoms with Gasteiger partial charge in [0, 0.05) is 10.6 Å². The Morgan fingerprint density at radius 1 is 1.31 bits per heavy atom. The van der Waals surface area contributed by atoms with Crippen LogP contribution >= 0.6 is 27.5 Å². The molecule has 0 N–H and O–H groups in total. The summed E-state index contributed by atoms with van der Waals surface area (Å²) in [6, 6.07) is 8.53. The Kier molecular flexibility index (Phi) is 3.17. The summed E-state index contributed by atoms with van der Waals surface area (Å²) in [5.74, 6) is 0.129. The van der Waals surface area contributed by atoms with Gasteiger partial charge in [0.25, 0.3) is 0 Å². The van der Waals surface area contributed by atoms with Gasteiger partial charge in [-0.2, -0.15) is 0 Å². The Morgan fingerprint density at radius 2 is 2.06 bits per heavy atom. The van der Waals surface area contributed by atoms with Crippen molar-refractivity contribution in [3.63, 3.8) is 0 Å². The third-order valence-corrected chi connectivity index (χ3v) is 2.75. The lowest BCUT2D eigenvalue weighted by Gasteiger charge is -2.00. The maximum Gasteiger partial charge on any atom is 0.228 e. The van der Waals surface area contributed by atoms with Crippen molar-refractivity contribution in [3.8, 4) is 0 Å². The Morgan fingerprint density at radius 3 is 2.62 bits per heavy atom. The number of carbonyl (C=O) groups excluding carboxylic acids is 1.